The number of alkyl halides is 1. The van der Waals surface area contributed by atoms with Gasteiger partial charge in [-0.25, -0.2) is 4.79 Å². The SMILES string of the molecule is CC(Br)C(=O)OCCOC(=O)c1ccc([S+](c2ccccc2)c2ccc(C(C)C)cc2)cc1. The van der Waals surface area contributed by atoms with Crippen LogP contribution >= 0.6 is 15.9 Å². The second-order valence-electron chi connectivity index (χ2n) is 7.79. The first-order chi connectivity index (χ1) is 15.9. The van der Waals surface area contributed by atoms with Gasteiger partial charge in [0.2, 0.25) is 0 Å². The standard InChI is InChI=1S/C27H28BrO4S/c1-19(2)21-9-13-24(14-10-21)33(23-7-5-4-6-8-23)25-15-11-22(12-16-25)27(30)32-18-17-31-26(29)20(3)28/h4-16,19-20H,17-18H2,1-3H3/q+1. The van der Waals surface area contributed by atoms with E-state index in [0.717, 1.165) is 4.90 Å². The number of carbonyl (C=O) groups is 2. The van der Waals surface area contributed by atoms with E-state index in [-0.39, 0.29) is 34.9 Å². The van der Waals surface area contributed by atoms with E-state index in [9.17, 15) is 9.59 Å². The van der Waals surface area contributed by atoms with Gasteiger partial charge < -0.3 is 9.47 Å². The smallest absolute Gasteiger partial charge is 0.338 e. The molecule has 0 bridgehead atoms. The van der Waals surface area contributed by atoms with E-state index in [1.807, 2.05) is 30.3 Å². The molecule has 0 aromatic heterocycles. The summed E-state index contributed by atoms with van der Waals surface area (Å²) in [6.45, 7) is 6.11. The highest BCUT2D eigenvalue weighted by atomic mass is 79.9. The van der Waals surface area contributed by atoms with Gasteiger partial charge in [-0.1, -0.05) is 60.1 Å². The summed E-state index contributed by atoms with van der Waals surface area (Å²) in [4.78, 5) is 27.0. The third-order valence-corrected chi connectivity index (χ3v) is 7.58. The van der Waals surface area contributed by atoms with Crippen LogP contribution in [-0.2, 0) is 25.2 Å². The van der Waals surface area contributed by atoms with Gasteiger partial charge in [-0.2, -0.15) is 0 Å². The molecule has 0 N–H and O–H groups in total. The van der Waals surface area contributed by atoms with Crippen LogP contribution in [0, 0.1) is 0 Å². The van der Waals surface area contributed by atoms with Crippen LogP contribution in [-0.4, -0.2) is 30.0 Å². The molecule has 0 aliphatic rings. The third-order valence-electron chi connectivity index (χ3n) is 4.97. The molecule has 0 fully saturated rings. The van der Waals surface area contributed by atoms with Crippen molar-refractivity contribution >= 4 is 38.8 Å². The minimum absolute atomic E-state index is 0.0165. The molecular weight excluding hydrogens is 500 g/mol. The van der Waals surface area contributed by atoms with Crippen molar-refractivity contribution in [1.82, 2.24) is 0 Å². The van der Waals surface area contributed by atoms with Gasteiger partial charge in [-0.15, -0.1) is 0 Å². The highest BCUT2D eigenvalue weighted by Gasteiger charge is 2.28. The zero-order valence-corrected chi connectivity index (χ0v) is 21.4. The number of benzene rings is 3. The average molecular weight is 528 g/mol. The molecule has 0 aliphatic carbocycles. The molecule has 0 saturated heterocycles. The lowest BCUT2D eigenvalue weighted by Crippen LogP contribution is -2.18. The zero-order valence-electron chi connectivity index (χ0n) is 19.0. The Labute approximate surface area is 206 Å². The van der Waals surface area contributed by atoms with Crippen molar-refractivity contribution in [3.63, 3.8) is 0 Å². The summed E-state index contributed by atoms with van der Waals surface area (Å²) in [6.07, 6.45) is 0. The van der Waals surface area contributed by atoms with E-state index >= 15 is 0 Å². The quantitative estimate of drug-likeness (QED) is 0.140. The summed E-state index contributed by atoms with van der Waals surface area (Å²) in [5.74, 6) is -0.343. The summed E-state index contributed by atoms with van der Waals surface area (Å²) in [5, 5.41) is 0. The second kappa shape index (κ2) is 12.1. The summed E-state index contributed by atoms with van der Waals surface area (Å²) < 4.78 is 10.2. The molecule has 33 heavy (non-hydrogen) atoms. The van der Waals surface area contributed by atoms with E-state index in [1.54, 1.807) is 19.1 Å². The third kappa shape index (κ3) is 6.95. The fourth-order valence-corrected chi connectivity index (χ4v) is 5.35. The second-order valence-corrected chi connectivity index (χ2v) is 11.2. The van der Waals surface area contributed by atoms with Crippen LogP contribution in [0.4, 0.5) is 0 Å². The molecule has 172 valence electrons. The van der Waals surface area contributed by atoms with Crippen molar-refractivity contribution < 1.29 is 19.1 Å². The molecule has 3 aromatic carbocycles. The first kappa shape index (κ1) is 25.1. The first-order valence-corrected chi connectivity index (χ1v) is 13.0. The molecular formula is C27H28BrO4S+. The summed E-state index contributed by atoms with van der Waals surface area (Å²) >= 11 is 3.14. The average Bonchev–Trinajstić information content (AvgIpc) is 2.83. The molecule has 0 radical (unpaired) electrons. The van der Waals surface area contributed by atoms with Crippen LogP contribution in [0.2, 0.25) is 0 Å². The molecule has 0 heterocycles. The maximum atomic E-state index is 12.4. The minimum Gasteiger partial charge on any atom is -0.461 e. The largest absolute Gasteiger partial charge is 0.461 e. The van der Waals surface area contributed by atoms with E-state index in [1.165, 1.54) is 15.4 Å². The molecule has 6 heteroatoms. The summed E-state index contributed by atoms with van der Waals surface area (Å²) in [7, 11) is -0.288. The summed E-state index contributed by atoms with van der Waals surface area (Å²) in [6, 6.07) is 26.7. The fourth-order valence-electron chi connectivity index (χ4n) is 3.16. The Morgan fingerprint density at radius 2 is 1.27 bits per heavy atom. The number of halogens is 1. The number of hydrogen-bond donors (Lipinski definition) is 0. The highest BCUT2D eigenvalue weighted by molar-refractivity contribution is 9.10. The van der Waals surface area contributed by atoms with Crippen molar-refractivity contribution in [3.05, 3.63) is 90.0 Å². The van der Waals surface area contributed by atoms with Crippen LogP contribution in [0.3, 0.4) is 0 Å². The molecule has 4 nitrogen and oxygen atoms in total. The van der Waals surface area contributed by atoms with Crippen molar-refractivity contribution in [2.24, 2.45) is 0 Å². The maximum absolute atomic E-state index is 12.4. The van der Waals surface area contributed by atoms with E-state index in [0.29, 0.717) is 11.5 Å². The maximum Gasteiger partial charge on any atom is 0.338 e. The van der Waals surface area contributed by atoms with Crippen LogP contribution < -0.4 is 0 Å². The predicted molar refractivity (Wildman–Crippen MR) is 135 cm³/mol. The number of ether oxygens (including phenoxy) is 2. The van der Waals surface area contributed by atoms with Gasteiger partial charge in [-0.05, 0) is 66.9 Å². The number of esters is 2. The van der Waals surface area contributed by atoms with Crippen molar-refractivity contribution in [3.8, 4) is 0 Å². The highest BCUT2D eigenvalue weighted by Crippen LogP contribution is 2.32. The minimum atomic E-state index is -0.439. The Balaban J connectivity index is 1.74. The number of hydrogen-bond acceptors (Lipinski definition) is 4. The Morgan fingerprint density at radius 1 is 0.758 bits per heavy atom. The molecule has 0 saturated carbocycles. The predicted octanol–water partition coefficient (Wildman–Crippen LogP) is 6.39. The van der Waals surface area contributed by atoms with Gasteiger partial charge in [-0.3, -0.25) is 4.79 Å². The Morgan fingerprint density at radius 3 is 1.82 bits per heavy atom. The monoisotopic (exact) mass is 527 g/mol. The first-order valence-electron chi connectivity index (χ1n) is 10.8. The lowest BCUT2D eigenvalue weighted by Gasteiger charge is -2.11. The van der Waals surface area contributed by atoms with Gasteiger partial charge in [0.05, 0.1) is 16.5 Å². The fraction of sp³-hybridized carbons (Fsp3) is 0.259. The van der Waals surface area contributed by atoms with Crippen LogP contribution in [0.1, 0.15) is 42.6 Å². The molecule has 0 spiro atoms. The lowest BCUT2D eigenvalue weighted by atomic mass is 10.0. The van der Waals surface area contributed by atoms with Gasteiger partial charge in [0.25, 0.3) is 0 Å². The number of carbonyl (C=O) groups excluding carboxylic acids is 2. The Bertz CT molecular complexity index is 1050. The van der Waals surface area contributed by atoms with Crippen LogP contribution in [0.25, 0.3) is 0 Å². The molecule has 2 atom stereocenters. The van der Waals surface area contributed by atoms with Gasteiger partial charge in [0.15, 0.2) is 14.7 Å². The van der Waals surface area contributed by atoms with E-state index in [2.05, 4.69) is 66.2 Å². The van der Waals surface area contributed by atoms with Crippen molar-refractivity contribution in [2.75, 3.05) is 13.2 Å². The van der Waals surface area contributed by atoms with Crippen molar-refractivity contribution in [2.45, 2.75) is 46.2 Å². The Hall–Kier alpha value is -2.57. The normalized spacial score (nSPS) is 12.8. The van der Waals surface area contributed by atoms with Gasteiger partial charge in [0.1, 0.15) is 18.0 Å². The zero-order chi connectivity index (χ0) is 23.8. The molecule has 2 unspecified atom stereocenters. The molecule has 3 rings (SSSR count). The number of rotatable bonds is 9. The van der Waals surface area contributed by atoms with E-state index in [4.69, 9.17) is 9.47 Å². The molecule has 3 aromatic rings. The van der Waals surface area contributed by atoms with Gasteiger partial charge >= 0.3 is 11.9 Å². The molecule has 0 amide bonds. The topological polar surface area (TPSA) is 52.6 Å². The Kier molecular flexibility index (Phi) is 9.15. The van der Waals surface area contributed by atoms with Crippen LogP contribution in [0.5, 0.6) is 0 Å². The van der Waals surface area contributed by atoms with Gasteiger partial charge in [0, 0.05) is 0 Å². The summed E-state index contributed by atoms with van der Waals surface area (Å²) in [5.41, 5.74) is 1.77. The van der Waals surface area contributed by atoms with Crippen LogP contribution in [0.15, 0.2) is 93.5 Å². The molecule has 0 aliphatic heterocycles. The van der Waals surface area contributed by atoms with Crippen molar-refractivity contribution in [1.29, 1.82) is 0 Å². The lowest BCUT2D eigenvalue weighted by molar-refractivity contribution is -0.143. The van der Waals surface area contributed by atoms with E-state index < -0.39 is 5.97 Å².